The molecule has 0 amide bonds. The van der Waals surface area contributed by atoms with Crippen LogP contribution in [0.3, 0.4) is 0 Å². The van der Waals surface area contributed by atoms with Crippen LogP contribution in [0.4, 0.5) is 0 Å². The fourth-order valence-electron chi connectivity index (χ4n) is 1.54. The van der Waals surface area contributed by atoms with E-state index in [4.69, 9.17) is 28.3 Å². The van der Waals surface area contributed by atoms with E-state index >= 15 is 0 Å². The van der Waals surface area contributed by atoms with E-state index in [0.717, 1.165) is 16.3 Å². The Morgan fingerprint density at radius 1 is 1.42 bits per heavy atom. The molecule has 6 heteroatoms. The van der Waals surface area contributed by atoms with Crippen molar-refractivity contribution in [2.45, 2.75) is 19.5 Å². The number of hydrogen-bond acceptors (Lipinski definition) is 4. The number of nitrogens with zero attached hydrogens (tertiary/aromatic N) is 1. The summed E-state index contributed by atoms with van der Waals surface area (Å²) in [7, 11) is 0. The molecule has 0 spiro atoms. The maximum absolute atomic E-state index is 8.95. The van der Waals surface area contributed by atoms with Crippen LogP contribution in [0.1, 0.15) is 11.9 Å². The molecule has 0 bridgehead atoms. The first kappa shape index (κ1) is 14.8. The number of rotatable bonds is 5. The second kappa shape index (κ2) is 6.68. The van der Waals surface area contributed by atoms with Crippen LogP contribution >= 0.6 is 34.5 Å². The van der Waals surface area contributed by atoms with E-state index in [2.05, 4.69) is 10.3 Å². The Morgan fingerprint density at radius 3 is 2.95 bits per heavy atom. The molecule has 2 aromatic rings. The van der Waals surface area contributed by atoms with Gasteiger partial charge >= 0.3 is 0 Å². The maximum atomic E-state index is 8.95. The molecule has 0 saturated carbocycles. The molecule has 102 valence electrons. The van der Waals surface area contributed by atoms with Crippen molar-refractivity contribution in [2.75, 3.05) is 6.61 Å². The van der Waals surface area contributed by atoms with E-state index in [9.17, 15) is 0 Å². The highest BCUT2D eigenvalue weighted by Gasteiger charge is 2.09. The zero-order valence-corrected chi connectivity index (χ0v) is 12.7. The Hall–Kier alpha value is -0.650. The lowest BCUT2D eigenvalue weighted by molar-refractivity contribution is 0.251. The molecule has 1 aromatic heterocycles. The summed E-state index contributed by atoms with van der Waals surface area (Å²) in [5.41, 5.74) is 1.66. The number of aliphatic hydroxyl groups is 1. The first-order valence-electron chi connectivity index (χ1n) is 5.84. The second-order valence-electron chi connectivity index (χ2n) is 4.22. The van der Waals surface area contributed by atoms with Crippen LogP contribution in [0.25, 0.3) is 11.3 Å². The predicted molar refractivity (Wildman–Crippen MR) is 81.0 cm³/mol. The van der Waals surface area contributed by atoms with Crippen LogP contribution in [0, 0.1) is 0 Å². The zero-order valence-electron chi connectivity index (χ0n) is 10.4. The molecule has 2 N–H and O–H groups in total. The van der Waals surface area contributed by atoms with Gasteiger partial charge in [0.15, 0.2) is 0 Å². The van der Waals surface area contributed by atoms with Gasteiger partial charge in [-0.1, -0.05) is 23.2 Å². The van der Waals surface area contributed by atoms with Crippen LogP contribution in [0.5, 0.6) is 0 Å². The minimum absolute atomic E-state index is 0.0575. The van der Waals surface area contributed by atoms with Gasteiger partial charge < -0.3 is 10.4 Å². The summed E-state index contributed by atoms with van der Waals surface area (Å²) in [6, 6.07) is 5.39. The quantitative estimate of drug-likeness (QED) is 0.886. The molecule has 0 aliphatic heterocycles. The van der Waals surface area contributed by atoms with Gasteiger partial charge in [-0.15, -0.1) is 11.3 Å². The summed E-state index contributed by atoms with van der Waals surface area (Å²) in [5, 5.41) is 16.3. The highest BCUT2D eigenvalue weighted by atomic mass is 35.5. The number of thiazole rings is 1. The van der Waals surface area contributed by atoms with Crippen LogP contribution in [0.2, 0.25) is 10.0 Å². The Balaban J connectivity index is 2.14. The number of halogens is 2. The standard InChI is InChI=1S/C13H14Cl2N2OS/c1-8(6-18)16-5-13-17-12(7-19-13)10-4-9(14)2-3-11(10)15/h2-4,7-8,16,18H,5-6H2,1H3/t8-/m1/s1. The molecule has 3 nitrogen and oxygen atoms in total. The van der Waals surface area contributed by atoms with Crippen molar-refractivity contribution < 1.29 is 5.11 Å². The van der Waals surface area contributed by atoms with Crippen molar-refractivity contribution in [3.8, 4) is 11.3 Å². The number of hydrogen-bond donors (Lipinski definition) is 2. The molecule has 0 radical (unpaired) electrons. The Bertz CT molecular complexity index is 559. The molecule has 1 aromatic carbocycles. The normalized spacial score (nSPS) is 12.6. The molecule has 0 unspecified atom stereocenters. The van der Waals surface area contributed by atoms with E-state index in [1.807, 2.05) is 18.4 Å². The Morgan fingerprint density at radius 2 is 2.21 bits per heavy atom. The third kappa shape index (κ3) is 3.91. The van der Waals surface area contributed by atoms with Gasteiger partial charge in [0.05, 0.1) is 17.3 Å². The van der Waals surface area contributed by atoms with Crippen molar-refractivity contribution in [3.63, 3.8) is 0 Å². The van der Waals surface area contributed by atoms with Gasteiger partial charge in [-0.25, -0.2) is 4.98 Å². The van der Waals surface area contributed by atoms with E-state index in [0.29, 0.717) is 16.6 Å². The molecule has 1 heterocycles. The molecule has 0 aliphatic carbocycles. The first-order chi connectivity index (χ1) is 9.10. The number of benzene rings is 1. The van der Waals surface area contributed by atoms with Crippen molar-refractivity contribution in [2.24, 2.45) is 0 Å². The van der Waals surface area contributed by atoms with E-state index in [1.54, 1.807) is 23.5 Å². The lowest BCUT2D eigenvalue weighted by atomic mass is 10.2. The van der Waals surface area contributed by atoms with Crippen molar-refractivity contribution in [1.82, 2.24) is 10.3 Å². The molecule has 19 heavy (non-hydrogen) atoms. The SMILES string of the molecule is C[C@H](CO)NCc1nc(-c2cc(Cl)ccc2Cl)cs1. The molecule has 1 atom stereocenters. The highest BCUT2D eigenvalue weighted by Crippen LogP contribution is 2.31. The smallest absolute Gasteiger partial charge is 0.107 e. The van der Waals surface area contributed by atoms with Crippen LogP contribution in [-0.4, -0.2) is 22.7 Å². The molecule has 2 rings (SSSR count). The average molecular weight is 317 g/mol. The lowest BCUT2D eigenvalue weighted by Gasteiger charge is -2.08. The monoisotopic (exact) mass is 316 g/mol. The summed E-state index contributed by atoms with van der Waals surface area (Å²) in [4.78, 5) is 4.52. The first-order valence-corrected chi connectivity index (χ1v) is 7.47. The Labute approximate surface area is 126 Å². The van der Waals surface area contributed by atoms with Crippen LogP contribution in [-0.2, 0) is 6.54 Å². The predicted octanol–water partition coefficient (Wildman–Crippen LogP) is 3.59. The minimum atomic E-state index is 0.0575. The topological polar surface area (TPSA) is 45.1 Å². The van der Waals surface area contributed by atoms with Gasteiger partial charge in [-0.05, 0) is 25.1 Å². The molecule has 0 aliphatic rings. The van der Waals surface area contributed by atoms with Gasteiger partial charge in [0.25, 0.3) is 0 Å². The number of aromatic nitrogens is 1. The van der Waals surface area contributed by atoms with Gasteiger partial charge in [0.1, 0.15) is 5.01 Å². The van der Waals surface area contributed by atoms with Gasteiger partial charge in [0, 0.05) is 28.6 Å². The Kier molecular flexibility index (Phi) is 5.19. The van der Waals surface area contributed by atoms with E-state index in [-0.39, 0.29) is 12.6 Å². The van der Waals surface area contributed by atoms with Gasteiger partial charge in [0.2, 0.25) is 0 Å². The summed E-state index contributed by atoms with van der Waals surface area (Å²) in [6.07, 6.45) is 0. The van der Waals surface area contributed by atoms with E-state index in [1.165, 1.54) is 0 Å². The third-order valence-corrected chi connectivity index (χ3v) is 4.05. The second-order valence-corrected chi connectivity index (χ2v) is 6.00. The van der Waals surface area contributed by atoms with Gasteiger partial charge in [-0.3, -0.25) is 0 Å². The third-order valence-electron chi connectivity index (χ3n) is 2.63. The van der Waals surface area contributed by atoms with Crippen LogP contribution in [0.15, 0.2) is 23.6 Å². The molecule has 0 fully saturated rings. The largest absolute Gasteiger partial charge is 0.395 e. The fourth-order valence-corrected chi connectivity index (χ4v) is 2.67. The highest BCUT2D eigenvalue weighted by molar-refractivity contribution is 7.09. The van der Waals surface area contributed by atoms with Crippen molar-refractivity contribution in [3.05, 3.63) is 38.6 Å². The van der Waals surface area contributed by atoms with Gasteiger partial charge in [-0.2, -0.15) is 0 Å². The number of nitrogens with one attached hydrogen (secondary N) is 1. The minimum Gasteiger partial charge on any atom is -0.395 e. The van der Waals surface area contributed by atoms with Crippen molar-refractivity contribution >= 4 is 34.5 Å². The molecule has 0 saturated heterocycles. The zero-order chi connectivity index (χ0) is 13.8. The average Bonchev–Trinajstić information content (AvgIpc) is 2.87. The summed E-state index contributed by atoms with van der Waals surface area (Å²) in [5.74, 6) is 0. The fraction of sp³-hybridized carbons (Fsp3) is 0.308. The van der Waals surface area contributed by atoms with E-state index < -0.39 is 0 Å². The molecular weight excluding hydrogens is 303 g/mol. The number of aliphatic hydroxyl groups excluding tert-OH is 1. The summed E-state index contributed by atoms with van der Waals surface area (Å²) >= 11 is 13.7. The molecular formula is C13H14Cl2N2OS. The maximum Gasteiger partial charge on any atom is 0.107 e. The summed E-state index contributed by atoms with van der Waals surface area (Å²) in [6.45, 7) is 2.66. The summed E-state index contributed by atoms with van der Waals surface area (Å²) < 4.78 is 0. The lowest BCUT2D eigenvalue weighted by Crippen LogP contribution is -2.28. The van der Waals surface area contributed by atoms with Crippen molar-refractivity contribution in [1.29, 1.82) is 0 Å². The van der Waals surface area contributed by atoms with Crippen LogP contribution < -0.4 is 5.32 Å².